The average Bonchev–Trinajstić information content (AvgIpc) is 2.04. The van der Waals surface area contributed by atoms with Crippen LogP contribution in [-0.2, 0) is 0 Å². The number of nitrogens with zero attached hydrogens (tertiary/aromatic N) is 1. The van der Waals surface area contributed by atoms with Crippen molar-refractivity contribution in [3.05, 3.63) is 36.1 Å². The molecular weight excluding hydrogens is 146 g/mol. The summed E-state index contributed by atoms with van der Waals surface area (Å²) in [6.45, 7) is 11.7. The third kappa shape index (κ3) is 3.33. The lowest BCUT2D eigenvalue weighted by atomic mass is 10.2. The van der Waals surface area contributed by atoms with Gasteiger partial charge < -0.3 is 0 Å². The minimum absolute atomic E-state index is 0.993. The quantitative estimate of drug-likeness (QED) is 0.446. The van der Waals surface area contributed by atoms with E-state index in [0.717, 1.165) is 17.0 Å². The average molecular weight is 163 g/mol. The molecule has 0 rings (SSSR count). The predicted octanol–water partition coefficient (Wildman–Crippen LogP) is 3.50. The molecule has 0 bridgehead atoms. The molecule has 0 fully saturated rings. The number of hydrogen-bond donors (Lipinski definition) is 0. The van der Waals surface area contributed by atoms with Gasteiger partial charge in [0.15, 0.2) is 0 Å². The molecule has 0 aromatic rings. The Bertz CT molecular complexity index is 238. The van der Waals surface area contributed by atoms with Crippen molar-refractivity contribution in [1.82, 2.24) is 0 Å². The highest BCUT2D eigenvalue weighted by atomic mass is 14.7. The van der Waals surface area contributed by atoms with Gasteiger partial charge in [0, 0.05) is 5.71 Å². The van der Waals surface area contributed by atoms with Crippen LogP contribution in [0.3, 0.4) is 0 Å². The molecule has 1 heteroatoms. The second-order valence-corrected chi connectivity index (χ2v) is 2.68. The summed E-state index contributed by atoms with van der Waals surface area (Å²) in [6, 6.07) is 0. The van der Waals surface area contributed by atoms with Crippen molar-refractivity contribution in [2.45, 2.75) is 27.7 Å². The third-order valence-corrected chi connectivity index (χ3v) is 1.44. The molecule has 0 N–H and O–H groups in total. The molecule has 0 heterocycles. The molecule has 0 radical (unpaired) electrons. The van der Waals surface area contributed by atoms with Gasteiger partial charge in [-0.25, -0.2) is 0 Å². The Balaban J connectivity index is 4.82. The summed E-state index contributed by atoms with van der Waals surface area (Å²) >= 11 is 0. The van der Waals surface area contributed by atoms with Gasteiger partial charge in [0.05, 0.1) is 5.70 Å². The number of hydrogen-bond acceptors (Lipinski definition) is 1. The fourth-order valence-corrected chi connectivity index (χ4v) is 0.907. The molecule has 0 saturated carbocycles. The topological polar surface area (TPSA) is 12.4 Å². The van der Waals surface area contributed by atoms with Crippen molar-refractivity contribution in [2.75, 3.05) is 0 Å². The second-order valence-electron chi connectivity index (χ2n) is 2.68. The van der Waals surface area contributed by atoms with E-state index in [4.69, 9.17) is 0 Å². The lowest BCUT2D eigenvalue weighted by molar-refractivity contribution is 1.30. The summed E-state index contributed by atoms with van der Waals surface area (Å²) in [6.07, 6.45) is 5.82. The van der Waals surface area contributed by atoms with Crippen LogP contribution in [0.25, 0.3) is 0 Å². The largest absolute Gasteiger partial charge is 0.258 e. The zero-order chi connectivity index (χ0) is 9.56. The number of rotatable bonds is 3. The van der Waals surface area contributed by atoms with Gasteiger partial charge in [0.1, 0.15) is 0 Å². The summed E-state index contributed by atoms with van der Waals surface area (Å²) < 4.78 is 0. The van der Waals surface area contributed by atoms with Gasteiger partial charge in [-0.1, -0.05) is 24.8 Å². The zero-order valence-electron chi connectivity index (χ0n) is 8.39. The Morgan fingerprint density at radius 1 is 1.17 bits per heavy atom. The smallest absolute Gasteiger partial charge is 0.0654 e. The molecule has 0 aromatic carbocycles. The maximum atomic E-state index is 4.38. The highest BCUT2D eigenvalue weighted by Gasteiger charge is 1.95. The summed E-state index contributed by atoms with van der Waals surface area (Å²) in [5, 5.41) is 0. The molecule has 0 aliphatic carbocycles. The third-order valence-electron chi connectivity index (χ3n) is 1.44. The maximum Gasteiger partial charge on any atom is 0.0654 e. The van der Waals surface area contributed by atoms with Crippen LogP contribution in [0.15, 0.2) is 41.1 Å². The fourth-order valence-electron chi connectivity index (χ4n) is 0.907. The highest BCUT2D eigenvalue weighted by Crippen LogP contribution is 2.12. The molecule has 0 aromatic heterocycles. The van der Waals surface area contributed by atoms with Crippen molar-refractivity contribution < 1.29 is 0 Å². The SMILES string of the molecule is C=CC(=C/C)/C(=C\C)N=C(C)C. The Morgan fingerprint density at radius 2 is 1.75 bits per heavy atom. The molecule has 0 aliphatic rings. The van der Waals surface area contributed by atoms with Crippen LogP contribution < -0.4 is 0 Å². The van der Waals surface area contributed by atoms with Crippen molar-refractivity contribution in [3.8, 4) is 0 Å². The van der Waals surface area contributed by atoms with Crippen molar-refractivity contribution in [2.24, 2.45) is 4.99 Å². The Labute approximate surface area is 75.2 Å². The van der Waals surface area contributed by atoms with Gasteiger partial charge in [-0.2, -0.15) is 0 Å². The van der Waals surface area contributed by atoms with Crippen molar-refractivity contribution in [3.63, 3.8) is 0 Å². The first-order valence-electron chi connectivity index (χ1n) is 4.13. The van der Waals surface area contributed by atoms with Gasteiger partial charge >= 0.3 is 0 Å². The Morgan fingerprint density at radius 3 is 2.00 bits per heavy atom. The molecule has 0 unspecified atom stereocenters. The molecule has 0 aliphatic heterocycles. The van der Waals surface area contributed by atoms with E-state index in [1.165, 1.54) is 0 Å². The maximum absolute atomic E-state index is 4.38. The highest BCUT2D eigenvalue weighted by molar-refractivity contribution is 5.80. The molecule has 0 spiro atoms. The molecule has 0 amide bonds. The van der Waals surface area contributed by atoms with E-state index >= 15 is 0 Å². The van der Waals surface area contributed by atoms with Crippen LogP contribution >= 0.6 is 0 Å². The molecule has 0 atom stereocenters. The molecular formula is C11H17N. The lowest BCUT2D eigenvalue weighted by Gasteiger charge is -2.01. The first-order valence-corrected chi connectivity index (χ1v) is 4.13. The molecule has 12 heavy (non-hydrogen) atoms. The van der Waals surface area contributed by atoms with Crippen molar-refractivity contribution in [1.29, 1.82) is 0 Å². The molecule has 1 nitrogen and oxygen atoms in total. The van der Waals surface area contributed by atoms with Gasteiger partial charge in [-0.15, -0.1) is 0 Å². The predicted molar refractivity (Wildman–Crippen MR) is 56.5 cm³/mol. The van der Waals surface area contributed by atoms with E-state index in [1.54, 1.807) is 0 Å². The zero-order valence-corrected chi connectivity index (χ0v) is 8.39. The minimum Gasteiger partial charge on any atom is -0.258 e. The van der Waals surface area contributed by atoms with E-state index in [9.17, 15) is 0 Å². The number of aliphatic imine (C=N–C) groups is 1. The second kappa shape index (κ2) is 5.53. The van der Waals surface area contributed by atoms with E-state index in [2.05, 4.69) is 11.6 Å². The van der Waals surface area contributed by atoms with E-state index in [0.29, 0.717) is 0 Å². The first-order chi connectivity index (χ1) is 5.65. The minimum atomic E-state index is 0.993. The van der Waals surface area contributed by atoms with Crippen LogP contribution in [0.5, 0.6) is 0 Å². The van der Waals surface area contributed by atoms with Crippen LogP contribution in [0.4, 0.5) is 0 Å². The van der Waals surface area contributed by atoms with Crippen LogP contribution in [0.1, 0.15) is 27.7 Å². The molecule has 0 saturated heterocycles. The van der Waals surface area contributed by atoms with E-state index in [1.807, 2.05) is 45.9 Å². The van der Waals surface area contributed by atoms with Gasteiger partial charge in [-0.05, 0) is 33.3 Å². The van der Waals surface area contributed by atoms with Gasteiger partial charge in [0.2, 0.25) is 0 Å². The van der Waals surface area contributed by atoms with Crippen LogP contribution in [-0.4, -0.2) is 5.71 Å². The van der Waals surface area contributed by atoms with E-state index in [-0.39, 0.29) is 0 Å². The normalized spacial score (nSPS) is 12.7. The summed E-state index contributed by atoms with van der Waals surface area (Å²) in [7, 11) is 0. The summed E-state index contributed by atoms with van der Waals surface area (Å²) in [5.41, 5.74) is 3.13. The Kier molecular flexibility index (Phi) is 5.02. The van der Waals surface area contributed by atoms with Gasteiger partial charge in [0.25, 0.3) is 0 Å². The monoisotopic (exact) mass is 163 g/mol. The van der Waals surface area contributed by atoms with Gasteiger partial charge in [-0.3, -0.25) is 4.99 Å². The Hall–Kier alpha value is -1.11. The lowest BCUT2D eigenvalue weighted by Crippen LogP contribution is -1.87. The standard InChI is InChI=1S/C11H17N/c1-6-10(7-2)11(8-3)12-9(4)5/h6-8H,1H2,2-5H3/b10-7-,11-8+. The number of allylic oxidation sites excluding steroid dienone is 3. The van der Waals surface area contributed by atoms with Crippen molar-refractivity contribution >= 4 is 5.71 Å². The van der Waals surface area contributed by atoms with E-state index < -0.39 is 0 Å². The summed E-state index contributed by atoms with van der Waals surface area (Å²) in [5.74, 6) is 0. The fraction of sp³-hybridized carbons (Fsp3) is 0.364. The van der Waals surface area contributed by atoms with Crippen LogP contribution in [0.2, 0.25) is 0 Å². The first kappa shape index (κ1) is 10.9. The molecule has 66 valence electrons. The summed E-state index contributed by atoms with van der Waals surface area (Å²) in [4.78, 5) is 4.38. The van der Waals surface area contributed by atoms with Crippen LogP contribution in [0, 0.1) is 0 Å².